The number of aliphatic hydroxyl groups excluding tert-OH is 3. The summed E-state index contributed by atoms with van der Waals surface area (Å²) in [5, 5.41) is 34.8. The van der Waals surface area contributed by atoms with Crippen molar-refractivity contribution < 1.29 is 30.0 Å². The van der Waals surface area contributed by atoms with Crippen molar-refractivity contribution in [2.75, 3.05) is 0 Å². The summed E-state index contributed by atoms with van der Waals surface area (Å²) in [5.74, 6) is -1.70. The van der Waals surface area contributed by atoms with Crippen molar-refractivity contribution in [2.45, 2.75) is 24.4 Å². The summed E-state index contributed by atoms with van der Waals surface area (Å²) in [7, 11) is 0. The van der Waals surface area contributed by atoms with Crippen molar-refractivity contribution in [2.24, 2.45) is 5.73 Å². The van der Waals surface area contributed by atoms with Crippen LogP contribution in [0.5, 0.6) is 0 Å². The molecule has 0 aromatic heterocycles. The van der Waals surface area contributed by atoms with Gasteiger partial charge in [0.15, 0.2) is 6.10 Å². The molecule has 6 N–H and O–H groups in total. The highest BCUT2D eigenvalue weighted by atomic mass is 16.4. The molecule has 0 aliphatic carbocycles. The zero-order chi connectivity index (χ0) is 10.6. The van der Waals surface area contributed by atoms with Crippen LogP contribution >= 0.6 is 0 Å². The molecule has 13 heavy (non-hydrogen) atoms. The summed E-state index contributed by atoms with van der Waals surface area (Å²) in [4.78, 5) is 20.1. The van der Waals surface area contributed by atoms with Crippen LogP contribution in [0.25, 0.3) is 0 Å². The van der Waals surface area contributed by atoms with E-state index < -0.39 is 30.3 Å². The Morgan fingerprint density at radius 3 is 2.00 bits per heavy atom. The minimum atomic E-state index is -2.17. The first kappa shape index (κ1) is 12.0. The van der Waals surface area contributed by atoms with Gasteiger partial charge in [0.2, 0.25) is 0 Å². The SMILES string of the molecule is N[C@H](C=O)[C@@H](O)[C@@H](O)[C@H](O)C(=O)O. The largest absolute Gasteiger partial charge is 0.479 e. The normalized spacial score (nSPS) is 20.0. The van der Waals surface area contributed by atoms with Crippen LogP contribution in [0.15, 0.2) is 0 Å². The molecule has 0 saturated heterocycles. The zero-order valence-electron chi connectivity index (χ0n) is 6.57. The van der Waals surface area contributed by atoms with Crippen LogP contribution in [0.2, 0.25) is 0 Å². The summed E-state index contributed by atoms with van der Waals surface area (Å²) in [5.41, 5.74) is 4.97. The number of hydrogen-bond acceptors (Lipinski definition) is 6. The van der Waals surface area contributed by atoms with Crippen LogP contribution < -0.4 is 5.73 Å². The van der Waals surface area contributed by atoms with Gasteiger partial charge in [0.1, 0.15) is 18.5 Å². The van der Waals surface area contributed by atoms with E-state index in [1.54, 1.807) is 0 Å². The number of aliphatic carboxylic acids is 1. The Hall–Kier alpha value is -1.02. The van der Waals surface area contributed by atoms with Gasteiger partial charge in [-0.15, -0.1) is 0 Å². The minimum Gasteiger partial charge on any atom is -0.479 e. The van der Waals surface area contributed by atoms with Gasteiger partial charge in [-0.3, -0.25) is 0 Å². The summed E-state index contributed by atoms with van der Waals surface area (Å²) in [6, 6.07) is -1.43. The molecule has 0 saturated carbocycles. The first-order valence-electron chi connectivity index (χ1n) is 3.39. The number of nitrogens with two attached hydrogens (primary N) is 1. The topological polar surface area (TPSA) is 141 Å². The average molecular weight is 193 g/mol. The van der Waals surface area contributed by atoms with Crippen LogP contribution in [0.3, 0.4) is 0 Å². The van der Waals surface area contributed by atoms with Gasteiger partial charge < -0.3 is 31.0 Å². The van der Waals surface area contributed by atoms with E-state index in [2.05, 4.69) is 0 Å². The fraction of sp³-hybridized carbons (Fsp3) is 0.667. The highest BCUT2D eigenvalue weighted by Crippen LogP contribution is 2.02. The number of carbonyl (C=O) groups excluding carboxylic acids is 1. The number of aldehydes is 1. The van der Waals surface area contributed by atoms with E-state index in [9.17, 15) is 9.59 Å². The van der Waals surface area contributed by atoms with E-state index in [0.29, 0.717) is 0 Å². The van der Waals surface area contributed by atoms with Crippen LogP contribution in [0.4, 0.5) is 0 Å². The third-order valence-electron chi connectivity index (χ3n) is 1.48. The number of rotatable bonds is 5. The first-order valence-corrected chi connectivity index (χ1v) is 3.39. The number of aliphatic hydroxyl groups is 3. The molecule has 0 aromatic carbocycles. The smallest absolute Gasteiger partial charge is 0.335 e. The quantitative estimate of drug-likeness (QED) is 0.287. The van der Waals surface area contributed by atoms with E-state index in [-0.39, 0.29) is 6.29 Å². The van der Waals surface area contributed by atoms with Gasteiger partial charge in [0, 0.05) is 0 Å². The van der Waals surface area contributed by atoms with Crippen LogP contribution in [-0.2, 0) is 9.59 Å². The van der Waals surface area contributed by atoms with Gasteiger partial charge in [-0.05, 0) is 0 Å². The predicted octanol–water partition coefficient (Wildman–Crippen LogP) is -3.32. The molecule has 76 valence electrons. The second kappa shape index (κ2) is 4.87. The van der Waals surface area contributed by atoms with Gasteiger partial charge in [-0.2, -0.15) is 0 Å². The number of carboxylic acids is 1. The molecule has 0 unspecified atom stereocenters. The second-order valence-electron chi connectivity index (χ2n) is 2.48. The molecule has 0 rings (SSSR count). The number of carbonyl (C=O) groups is 2. The van der Waals surface area contributed by atoms with Crippen LogP contribution in [0.1, 0.15) is 0 Å². The molecule has 0 spiro atoms. The number of carboxylic acid groups (broad SMARTS) is 1. The molecule has 0 aromatic rings. The highest BCUT2D eigenvalue weighted by Gasteiger charge is 2.33. The lowest BCUT2D eigenvalue weighted by Crippen LogP contribution is -2.51. The molecule has 0 bridgehead atoms. The number of hydrogen-bond donors (Lipinski definition) is 5. The van der Waals surface area contributed by atoms with Crippen molar-refractivity contribution >= 4 is 12.3 Å². The molecular weight excluding hydrogens is 182 g/mol. The maximum atomic E-state index is 10.1. The van der Waals surface area contributed by atoms with E-state index in [0.717, 1.165) is 0 Å². The first-order chi connectivity index (χ1) is 5.91. The summed E-state index contributed by atoms with van der Waals surface area (Å²) >= 11 is 0. The molecule has 0 amide bonds. The van der Waals surface area contributed by atoms with Crippen molar-refractivity contribution in [3.63, 3.8) is 0 Å². The zero-order valence-corrected chi connectivity index (χ0v) is 6.57. The fourth-order valence-electron chi connectivity index (χ4n) is 0.641. The maximum absolute atomic E-state index is 10.1. The van der Waals surface area contributed by atoms with E-state index >= 15 is 0 Å². The lowest BCUT2D eigenvalue weighted by Gasteiger charge is -2.21. The van der Waals surface area contributed by atoms with Gasteiger partial charge in [0.05, 0.1) is 6.04 Å². The third-order valence-corrected chi connectivity index (χ3v) is 1.48. The van der Waals surface area contributed by atoms with E-state index in [4.69, 9.17) is 26.2 Å². The summed E-state index contributed by atoms with van der Waals surface area (Å²) in [6.07, 6.45) is -5.81. The molecule has 0 aliphatic heterocycles. The molecule has 0 fully saturated rings. The lowest BCUT2D eigenvalue weighted by molar-refractivity contribution is -0.159. The molecule has 7 nitrogen and oxygen atoms in total. The Morgan fingerprint density at radius 2 is 1.69 bits per heavy atom. The molecule has 0 radical (unpaired) electrons. The minimum absolute atomic E-state index is 0.141. The monoisotopic (exact) mass is 193 g/mol. The van der Waals surface area contributed by atoms with Gasteiger partial charge in [-0.1, -0.05) is 0 Å². The van der Waals surface area contributed by atoms with Crippen LogP contribution in [0, 0.1) is 0 Å². The maximum Gasteiger partial charge on any atom is 0.335 e. The highest BCUT2D eigenvalue weighted by molar-refractivity contribution is 5.73. The average Bonchev–Trinajstić information content (AvgIpc) is 2.12. The Bertz CT molecular complexity index is 196. The van der Waals surface area contributed by atoms with Gasteiger partial charge >= 0.3 is 5.97 Å². The molecule has 7 heteroatoms. The van der Waals surface area contributed by atoms with Crippen molar-refractivity contribution in [1.82, 2.24) is 0 Å². The van der Waals surface area contributed by atoms with E-state index in [1.165, 1.54) is 0 Å². The Labute approximate surface area is 73.4 Å². The molecule has 0 aliphatic rings. The second-order valence-corrected chi connectivity index (χ2v) is 2.48. The molecular formula is C6H11NO6. The molecule has 4 atom stereocenters. The van der Waals surface area contributed by atoms with E-state index in [1.807, 2.05) is 0 Å². The van der Waals surface area contributed by atoms with Crippen molar-refractivity contribution in [3.8, 4) is 0 Å². The van der Waals surface area contributed by atoms with Gasteiger partial charge in [-0.25, -0.2) is 4.79 Å². The van der Waals surface area contributed by atoms with Crippen molar-refractivity contribution in [3.05, 3.63) is 0 Å². The molecule has 0 heterocycles. The summed E-state index contributed by atoms with van der Waals surface area (Å²) < 4.78 is 0. The van der Waals surface area contributed by atoms with Gasteiger partial charge in [0.25, 0.3) is 0 Å². The third kappa shape index (κ3) is 3.07. The van der Waals surface area contributed by atoms with Crippen molar-refractivity contribution in [1.29, 1.82) is 0 Å². The Balaban J connectivity index is 4.32. The van der Waals surface area contributed by atoms with Crippen LogP contribution in [-0.4, -0.2) is 57.0 Å². The standard InChI is InChI=1S/C6H11NO6/c7-2(1-8)3(9)4(10)5(11)6(12)13/h1-5,9-11H,7H2,(H,12,13)/t2-,3-,4-,5+/m1/s1. The predicted molar refractivity (Wildman–Crippen MR) is 39.7 cm³/mol. The Kier molecular flexibility index (Phi) is 4.49. The Morgan fingerprint density at radius 1 is 1.23 bits per heavy atom. The fourth-order valence-corrected chi connectivity index (χ4v) is 0.641. The lowest BCUT2D eigenvalue weighted by atomic mass is 10.0. The summed E-state index contributed by atoms with van der Waals surface area (Å²) in [6.45, 7) is 0.